The van der Waals surface area contributed by atoms with Crippen LogP contribution in [0.3, 0.4) is 0 Å². The number of anilines is 2. The number of para-hydroxylation sites is 1. The quantitative estimate of drug-likeness (QED) is 0.361. The molecule has 0 unspecified atom stereocenters. The molecule has 0 atom stereocenters. The molecular weight excluding hydrogens is 428 g/mol. The van der Waals surface area contributed by atoms with Crippen molar-refractivity contribution in [2.45, 2.75) is 33.6 Å². The fourth-order valence-electron chi connectivity index (χ4n) is 3.62. The average Bonchev–Trinajstić information content (AvgIpc) is 3.31. The topological polar surface area (TPSA) is 91.3 Å². The van der Waals surface area contributed by atoms with Gasteiger partial charge in [0.05, 0.1) is 23.8 Å². The van der Waals surface area contributed by atoms with Crippen LogP contribution in [0.2, 0.25) is 0 Å². The van der Waals surface area contributed by atoms with Gasteiger partial charge >= 0.3 is 6.03 Å². The molecule has 180 valence electrons. The Morgan fingerprint density at radius 3 is 2.56 bits per heavy atom. The third kappa shape index (κ3) is 7.18. The predicted molar refractivity (Wildman–Crippen MR) is 137 cm³/mol. The summed E-state index contributed by atoms with van der Waals surface area (Å²) in [5.74, 6) is -0.104. The van der Waals surface area contributed by atoms with Crippen LogP contribution >= 0.6 is 0 Å². The van der Waals surface area contributed by atoms with Crippen LogP contribution in [0.5, 0.6) is 0 Å². The van der Waals surface area contributed by atoms with E-state index in [0.29, 0.717) is 17.8 Å². The van der Waals surface area contributed by atoms with Crippen LogP contribution in [0.25, 0.3) is 5.69 Å². The molecule has 0 spiro atoms. The molecule has 0 aliphatic carbocycles. The fourth-order valence-corrected chi connectivity index (χ4v) is 3.62. The van der Waals surface area contributed by atoms with Gasteiger partial charge in [0.1, 0.15) is 0 Å². The first kappa shape index (κ1) is 25.0. The van der Waals surface area contributed by atoms with Crippen LogP contribution < -0.4 is 16.0 Å². The Bertz CT molecular complexity index is 1090. The second-order valence-corrected chi connectivity index (χ2v) is 8.11. The molecule has 8 nitrogen and oxygen atoms in total. The first-order chi connectivity index (χ1) is 16.5. The van der Waals surface area contributed by atoms with E-state index in [1.807, 2.05) is 43.3 Å². The average molecular weight is 463 g/mol. The summed E-state index contributed by atoms with van der Waals surface area (Å²) in [6.45, 7) is 10.1. The van der Waals surface area contributed by atoms with E-state index in [0.717, 1.165) is 49.4 Å². The molecule has 8 heteroatoms. The standard InChI is InChI=1S/C26H34N6O2/c1-4-31(5-2)16-9-8-15-27-25(33)21-12-10-13-23(17-21)32-19-22(18-28-32)29-26(34)30-24-14-7-6-11-20(24)3/h6-7,10-14,17-19H,4-5,8-9,15-16H2,1-3H3,(H,27,33)(H2,29,30,34). The summed E-state index contributed by atoms with van der Waals surface area (Å²) >= 11 is 0. The van der Waals surface area contributed by atoms with E-state index < -0.39 is 0 Å². The van der Waals surface area contributed by atoms with Gasteiger partial charge in [0.2, 0.25) is 0 Å². The van der Waals surface area contributed by atoms with Crippen molar-refractivity contribution in [3.63, 3.8) is 0 Å². The molecular formula is C26H34N6O2. The largest absolute Gasteiger partial charge is 0.352 e. The Labute approximate surface area is 201 Å². The number of hydrogen-bond donors (Lipinski definition) is 3. The highest BCUT2D eigenvalue weighted by molar-refractivity contribution is 6.00. The molecule has 0 bridgehead atoms. The maximum atomic E-state index is 12.6. The molecule has 0 fully saturated rings. The summed E-state index contributed by atoms with van der Waals surface area (Å²) < 4.78 is 1.63. The molecule has 0 saturated carbocycles. The zero-order chi connectivity index (χ0) is 24.3. The number of amides is 3. The molecule has 3 aromatic rings. The van der Waals surface area contributed by atoms with Gasteiger partial charge in [0.15, 0.2) is 0 Å². The van der Waals surface area contributed by atoms with Gasteiger partial charge in [-0.05, 0) is 69.2 Å². The minimum Gasteiger partial charge on any atom is -0.352 e. The SMILES string of the molecule is CCN(CC)CCCCNC(=O)c1cccc(-n2cc(NC(=O)Nc3ccccc3C)cn2)c1. The van der Waals surface area contributed by atoms with Gasteiger partial charge in [-0.15, -0.1) is 0 Å². The zero-order valence-electron chi connectivity index (χ0n) is 20.2. The van der Waals surface area contributed by atoms with Gasteiger partial charge in [-0.3, -0.25) is 4.79 Å². The maximum Gasteiger partial charge on any atom is 0.323 e. The Balaban J connectivity index is 1.53. The molecule has 1 aromatic heterocycles. The van der Waals surface area contributed by atoms with E-state index >= 15 is 0 Å². The smallest absolute Gasteiger partial charge is 0.323 e. The summed E-state index contributed by atoms with van der Waals surface area (Å²) in [5.41, 5.74) is 3.59. The minimum absolute atomic E-state index is 0.104. The number of nitrogens with one attached hydrogen (secondary N) is 3. The number of aryl methyl sites for hydroxylation is 1. The Morgan fingerprint density at radius 2 is 1.79 bits per heavy atom. The van der Waals surface area contributed by atoms with Crippen molar-refractivity contribution in [2.75, 3.05) is 36.8 Å². The third-order valence-electron chi connectivity index (χ3n) is 5.69. The van der Waals surface area contributed by atoms with E-state index in [-0.39, 0.29) is 11.9 Å². The first-order valence-electron chi connectivity index (χ1n) is 11.8. The number of hydrogen-bond acceptors (Lipinski definition) is 4. The summed E-state index contributed by atoms with van der Waals surface area (Å²) in [6.07, 6.45) is 5.28. The molecule has 0 aliphatic heterocycles. The Hall–Kier alpha value is -3.65. The lowest BCUT2D eigenvalue weighted by molar-refractivity contribution is 0.0952. The molecule has 3 amide bonds. The number of aromatic nitrogens is 2. The summed E-state index contributed by atoms with van der Waals surface area (Å²) in [4.78, 5) is 27.3. The number of benzene rings is 2. The number of unbranched alkanes of at least 4 members (excludes halogenated alkanes) is 1. The minimum atomic E-state index is -0.344. The zero-order valence-corrected chi connectivity index (χ0v) is 20.2. The van der Waals surface area contributed by atoms with Gasteiger partial charge in [-0.1, -0.05) is 38.1 Å². The van der Waals surface area contributed by atoms with Crippen molar-refractivity contribution in [1.29, 1.82) is 0 Å². The molecule has 3 rings (SSSR count). The maximum absolute atomic E-state index is 12.6. The van der Waals surface area contributed by atoms with Crippen molar-refractivity contribution >= 4 is 23.3 Å². The second kappa shape index (κ2) is 12.6. The number of nitrogens with zero attached hydrogens (tertiary/aromatic N) is 3. The van der Waals surface area contributed by atoms with Crippen molar-refractivity contribution in [1.82, 2.24) is 20.0 Å². The highest BCUT2D eigenvalue weighted by atomic mass is 16.2. The van der Waals surface area contributed by atoms with Crippen LogP contribution in [0, 0.1) is 6.92 Å². The van der Waals surface area contributed by atoms with Crippen LogP contribution in [-0.2, 0) is 0 Å². The fraction of sp³-hybridized carbons (Fsp3) is 0.346. The monoisotopic (exact) mass is 462 g/mol. The van der Waals surface area contributed by atoms with Crippen LogP contribution in [-0.4, -0.2) is 52.8 Å². The lowest BCUT2D eigenvalue weighted by Gasteiger charge is -2.17. The van der Waals surface area contributed by atoms with E-state index in [4.69, 9.17) is 0 Å². The van der Waals surface area contributed by atoms with Gasteiger partial charge in [0, 0.05) is 17.8 Å². The van der Waals surface area contributed by atoms with E-state index in [9.17, 15) is 9.59 Å². The molecule has 3 N–H and O–H groups in total. The van der Waals surface area contributed by atoms with E-state index in [2.05, 4.69) is 39.8 Å². The number of urea groups is 1. The Morgan fingerprint density at radius 1 is 1.00 bits per heavy atom. The first-order valence-corrected chi connectivity index (χ1v) is 11.8. The lowest BCUT2D eigenvalue weighted by atomic mass is 10.2. The summed E-state index contributed by atoms with van der Waals surface area (Å²) in [7, 11) is 0. The molecule has 0 saturated heterocycles. The molecule has 34 heavy (non-hydrogen) atoms. The van der Waals surface area contributed by atoms with Gasteiger partial charge < -0.3 is 20.9 Å². The van der Waals surface area contributed by atoms with Gasteiger partial charge in [-0.2, -0.15) is 5.10 Å². The van der Waals surface area contributed by atoms with E-state index in [1.165, 1.54) is 0 Å². The second-order valence-electron chi connectivity index (χ2n) is 8.11. The summed E-state index contributed by atoms with van der Waals surface area (Å²) in [5, 5.41) is 12.9. The number of carbonyl (C=O) groups is 2. The summed E-state index contributed by atoms with van der Waals surface area (Å²) in [6, 6.07) is 14.5. The van der Waals surface area contributed by atoms with Crippen molar-refractivity contribution in [3.05, 3.63) is 72.1 Å². The van der Waals surface area contributed by atoms with Crippen molar-refractivity contribution in [2.24, 2.45) is 0 Å². The van der Waals surface area contributed by atoms with Gasteiger partial charge in [0.25, 0.3) is 5.91 Å². The van der Waals surface area contributed by atoms with Crippen LogP contribution in [0.1, 0.15) is 42.6 Å². The number of rotatable bonds is 11. The molecule has 0 radical (unpaired) electrons. The molecule has 0 aliphatic rings. The lowest BCUT2D eigenvalue weighted by Crippen LogP contribution is -2.27. The highest BCUT2D eigenvalue weighted by Crippen LogP contribution is 2.16. The van der Waals surface area contributed by atoms with Crippen LogP contribution in [0.4, 0.5) is 16.2 Å². The van der Waals surface area contributed by atoms with Crippen molar-refractivity contribution in [3.8, 4) is 5.69 Å². The van der Waals surface area contributed by atoms with E-state index in [1.54, 1.807) is 29.2 Å². The molecule has 1 heterocycles. The van der Waals surface area contributed by atoms with Crippen LogP contribution in [0.15, 0.2) is 60.9 Å². The third-order valence-corrected chi connectivity index (χ3v) is 5.69. The Kier molecular flexibility index (Phi) is 9.22. The number of carbonyl (C=O) groups excluding carboxylic acids is 2. The molecule has 2 aromatic carbocycles. The predicted octanol–water partition coefficient (Wildman–Crippen LogP) is 4.68. The normalized spacial score (nSPS) is 10.8. The van der Waals surface area contributed by atoms with Gasteiger partial charge in [-0.25, -0.2) is 9.48 Å². The van der Waals surface area contributed by atoms with Crippen molar-refractivity contribution < 1.29 is 9.59 Å². The highest BCUT2D eigenvalue weighted by Gasteiger charge is 2.10.